The summed E-state index contributed by atoms with van der Waals surface area (Å²) in [6.07, 6.45) is 7.97. The third-order valence-corrected chi connectivity index (χ3v) is 7.94. The second kappa shape index (κ2) is 12.8. The number of amides is 2. The van der Waals surface area contributed by atoms with Crippen LogP contribution in [0.25, 0.3) is 0 Å². The fourth-order valence-electron chi connectivity index (χ4n) is 5.60. The van der Waals surface area contributed by atoms with Gasteiger partial charge in [0.2, 0.25) is 5.91 Å². The Morgan fingerprint density at radius 2 is 2.16 bits per heavy atom. The van der Waals surface area contributed by atoms with Gasteiger partial charge in [-0.15, -0.1) is 5.10 Å². The van der Waals surface area contributed by atoms with Gasteiger partial charge < -0.3 is 25.7 Å². The molecule has 1 fully saturated rings. The van der Waals surface area contributed by atoms with Gasteiger partial charge in [-0.1, -0.05) is 36.4 Å². The van der Waals surface area contributed by atoms with E-state index in [9.17, 15) is 24.8 Å². The second-order valence-corrected chi connectivity index (χ2v) is 10.9. The molecule has 226 valence electrons. The average Bonchev–Trinajstić information content (AvgIpc) is 3.74. The smallest absolute Gasteiger partial charge is 0.269 e. The van der Waals surface area contributed by atoms with Crippen molar-refractivity contribution in [1.82, 2.24) is 20.3 Å². The van der Waals surface area contributed by atoms with Gasteiger partial charge >= 0.3 is 0 Å². The monoisotopic (exact) mass is 589 g/mol. The molecule has 0 bridgehead atoms. The lowest BCUT2D eigenvalue weighted by Gasteiger charge is -2.27. The number of non-ortho nitro benzene ring substituents is 1. The molecular formula is C30H35N7O6. The molecule has 0 radical (unpaired) electrons. The molecule has 13 heteroatoms. The summed E-state index contributed by atoms with van der Waals surface area (Å²) in [5.74, 6) is -1.42. The van der Waals surface area contributed by atoms with Crippen molar-refractivity contribution in [1.29, 1.82) is 0 Å². The van der Waals surface area contributed by atoms with Crippen LogP contribution in [0.4, 0.5) is 17.1 Å². The second-order valence-electron chi connectivity index (χ2n) is 10.9. The Balaban J connectivity index is 1.35. The number of aromatic nitrogens is 3. The van der Waals surface area contributed by atoms with Gasteiger partial charge in [0.15, 0.2) is 5.60 Å². The summed E-state index contributed by atoms with van der Waals surface area (Å²) in [5, 5.41) is 46.7. The summed E-state index contributed by atoms with van der Waals surface area (Å²) in [4.78, 5) is 39.0. The van der Waals surface area contributed by atoms with Gasteiger partial charge in [-0.3, -0.25) is 24.4 Å². The zero-order valence-corrected chi connectivity index (χ0v) is 23.8. The Hall–Kier alpha value is -4.46. The van der Waals surface area contributed by atoms with Gasteiger partial charge in [-0.25, -0.2) is 0 Å². The Kier molecular flexibility index (Phi) is 8.94. The fraction of sp³-hybridized carbons (Fsp3) is 0.400. The number of hydrogen-bond acceptors (Lipinski definition) is 9. The number of nitro groups is 1. The topological polar surface area (TPSA) is 176 Å². The molecule has 3 atom stereocenters. The summed E-state index contributed by atoms with van der Waals surface area (Å²) in [7, 11) is 0. The van der Waals surface area contributed by atoms with Gasteiger partial charge in [0.1, 0.15) is 0 Å². The molecule has 1 saturated heterocycles. The van der Waals surface area contributed by atoms with Crippen molar-refractivity contribution >= 4 is 28.9 Å². The molecule has 2 aliphatic heterocycles. The number of fused-ring (bicyclic) bond motifs is 1. The maximum absolute atomic E-state index is 13.9. The minimum absolute atomic E-state index is 0.0144. The molecule has 0 saturated carbocycles. The zero-order chi connectivity index (χ0) is 30.6. The van der Waals surface area contributed by atoms with Crippen LogP contribution < -0.4 is 15.5 Å². The molecule has 43 heavy (non-hydrogen) atoms. The molecule has 3 heterocycles. The minimum atomic E-state index is -2.03. The predicted octanol–water partition coefficient (Wildman–Crippen LogP) is 2.43. The maximum atomic E-state index is 13.9. The molecule has 3 aromatic rings. The Labute approximate surface area is 248 Å². The van der Waals surface area contributed by atoms with Crippen molar-refractivity contribution in [3.05, 3.63) is 87.7 Å². The molecule has 2 aromatic carbocycles. The van der Waals surface area contributed by atoms with E-state index >= 15 is 0 Å². The molecule has 4 N–H and O–H groups in total. The lowest BCUT2D eigenvalue weighted by Crippen LogP contribution is -2.44. The molecule has 5 rings (SSSR count). The molecule has 1 aromatic heterocycles. The van der Waals surface area contributed by atoms with E-state index in [1.165, 1.54) is 23.1 Å². The Bertz CT molecular complexity index is 1530. The van der Waals surface area contributed by atoms with E-state index in [0.29, 0.717) is 36.5 Å². The number of rotatable bonds is 12. The summed E-state index contributed by atoms with van der Waals surface area (Å²) in [6, 6.07) is 11.0. The van der Waals surface area contributed by atoms with Crippen molar-refractivity contribution in [3.8, 4) is 0 Å². The van der Waals surface area contributed by atoms with Crippen molar-refractivity contribution in [2.24, 2.45) is 5.92 Å². The van der Waals surface area contributed by atoms with Crippen LogP contribution in [-0.4, -0.2) is 61.1 Å². The number of nitro benzene ring substituents is 1. The first-order chi connectivity index (χ1) is 20.7. The van der Waals surface area contributed by atoms with Crippen LogP contribution in [-0.2, 0) is 34.7 Å². The van der Waals surface area contributed by atoms with Crippen LogP contribution in [0.2, 0.25) is 0 Å². The fourth-order valence-corrected chi connectivity index (χ4v) is 5.60. The van der Waals surface area contributed by atoms with Crippen LogP contribution in [0.3, 0.4) is 0 Å². The molecule has 2 aliphatic rings. The van der Waals surface area contributed by atoms with Gasteiger partial charge in [0.05, 0.1) is 28.9 Å². The van der Waals surface area contributed by atoms with Gasteiger partial charge in [-0.05, 0) is 49.6 Å². The van der Waals surface area contributed by atoms with E-state index in [0.717, 1.165) is 24.9 Å². The first kappa shape index (κ1) is 30.0. The number of aliphatic hydroxyl groups is 2. The molecule has 0 aliphatic carbocycles. The Morgan fingerprint density at radius 3 is 2.91 bits per heavy atom. The van der Waals surface area contributed by atoms with Crippen LogP contribution in [0.1, 0.15) is 43.0 Å². The number of nitrogens with zero attached hydrogens (tertiary/aromatic N) is 5. The number of allylic oxidation sites excluding steroid dienone is 1. The Morgan fingerprint density at radius 1 is 1.33 bits per heavy atom. The summed E-state index contributed by atoms with van der Waals surface area (Å²) < 4.78 is 1.65. The molecular weight excluding hydrogens is 554 g/mol. The SMILES string of the molecule is C[C@@H](/C=C/CCn1cc(CCO)nn1)[C@]1(O)C(=O)N(Cc2cccc(NC(=O)[C@H]3CCCN3)c2)c2ccc([N+](=O)[O-])cc21. The number of benzene rings is 2. The normalized spacial score (nSPS) is 20.5. The highest BCUT2D eigenvalue weighted by Gasteiger charge is 2.53. The number of carbonyl (C=O) groups is 2. The molecule has 0 unspecified atom stereocenters. The van der Waals surface area contributed by atoms with Crippen LogP contribution in [0.15, 0.2) is 60.8 Å². The van der Waals surface area contributed by atoms with Gasteiger partial charge in [0.25, 0.3) is 11.6 Å². The maximum Gasteiger partial charge on any atom is 0.269 e. The zero-order valence-electron chi connectivity index (χ0n) is 23.8. The lowest BCUT2D eigenvalue weighted by molar-refractivity contribution is -0.385. The number of carbonyl (C=O) groups excluding carboxylic acids is 2. The molecule has 13 nitrogen and oxygen atoms in total. The third-order valence-electron chi connectivity index (χ3n) is 7.94. The number of hydrogen-bond donors (Lipinski definition) is 4. The van der Waals surface area contributed by atoms with Crippen molar-refractivity contribution < 1.29 is 24.7 Å². The minimum Gasteiger partial charge on any atom is -0.396 e. The van der Waals surface area contributed by atoms with Crippen molar-refractivity contribution in [2.75, 3.05) is 23.4 Å². The quantitative estimate of drug-likeness (QED) is 0.140. The average molecular weight is 590 g/mol. The number of aryl methyl sites for hydroxylation is 1. The van der Waals surface area contributed by atoms with E-state index in [1.807, 2.05) is 12.1 Å². The van der Waals surface area contributed by atoms with Gasteiger partial charge in [-0.2, -0.15) is 0 Å². The van der Waals surface area contributed by atoms with Crippen molar-refractivity contribution in [3.63, 3.8) is 0 Å². The largest absolute Gasteiger partial charge is 0.396 e. The molecule has 2 amide bonds. The number of aliphatic hydroxyl groups excluding tert-OH is 1. The van der Waals surface area contributed by atoms with E-state index in [-0.39, 0.29) is 36.4 Å². The first-order valence-corrected chi connectivity index (χ1v) is 14.3. The predicted molar refractivity (Wildman–Crippen MR) is 158 cm³/mol. The number of anilines is 2. The van der Waals surface area contributed by atoms with Crippen LogP contribution in [0.5, 0.6) is 0 Å². The first-order valence-electron chi connectivity index (χ1n) is 14.3. The molecule has 0 spiro atoms. The standard InChI is InChI=1S/C30H35N7O6/c1-20(6-2-3-14-35-19-23(12-15-38)33-34-35)30(41)25-17-24(37(42)43)10-11-27(25)36(29(30)40)18-21-7-4-8-22(16-21)32-28(39)26-9-5-13-31-26/h2,4,6-8,10-11,16-17,19-20,26,31,38,41H,3,5,9,12-15,18H2,1H3,(H,32,39)/b6-2+/t20-,26+,30+/m0/s1. The van der Waals surface area contributed by atoms with E-state index in [4.69, 9.17) is 5.11 Å². The van der Waals surface area contributed by atoms with Crippen molar-refractivity contribution in [2.45, 2.75) is 57.3 Å². The highest BCUT2D eigenvalue weighted by atomic mass is 16.6. The van der Waals surface area contributed by atoms with Gasteiger partial charge in [0, 0.05) is 55.1 Å². The summed E-state index contributed by atoms with van der Waals surface area (Å²) in [6.45, 7) is 3.08. The van der Waals surface area contributed by atoms with E-state index < -0.39 is 22.3 Å². The lowest BCUT2D eigenvalue weighted by atomic mass is 9.82. The van der Waals surface area contributed by atoms with E-state index in [2.05, 4.69) is 20.9 Å². The number of nitrogens with one attached hydrogen (secondary N) is 2. The van der Waals surface area contributed by atoms with Crippen LogP contribution >= 0.6 is 0 Å². The van der Waals surface area contributed by atoms with E-state index in [1.54, 1.807) is 42.1 Å². The highest BCUT2D eigenvalue weighted by molar-refractivity contribution is 6.07. The third kappa shape index (κ3) is 6.33. The summed E-state index contributed by atoms with van der Waals surface area (Å²) >= 11 is 0. The summed E-state index contributed by atoms with van der Waals surface area (Å²) in [5.41, 5.74) is 0.303. The van der Waals surface area contributed by atoms with Crippen LogP contribution in [0, 0.1) is 16.0 Å². The highest BCUT2D eigenvalue weighted by Crippen LogP contribution is 2.47.